The maximum atomic E-state index is 12.9. The standard InChI is InChI=1S/C22H20F2N4O2/c23-22(24)12-27(13-22)21(30)10-14-4-6-15(7-5-14)17-2-1-3-20-25-19(26-28(17)20)11-18(29)16-8-9-16/h1-7,16H,8-13H2. The number of alkyl halides is 2. The summed E-state index contributed by atoms with van der Waals surface area (Å²) < 4.78 is 27.6. The van der Waals surface area contributed by atoms with Gasteiger partial charge in [-0.2, -0.15) is 5.10 Å². The molecule has 0 unspecified atom stereocenters. The number of benzene rings is 1. The molecule has 0 atom stereocenters. The van der Waals surface area contributed by atoms with E-state index in [2.05, 4.69) is 10.1 Å². The number of Topliss-reactive ketones (excluding diaryl/α,β-unsaturated/α-hetero) is 1. The van der Waals surface area contributed by atoms with E-state index in [9.17, 15) is 18.4 Å². The number of pyridine rings is 1. The number of fused-ring (bicyclic) bond motifs is 1. The molecule has 6 nitrogen and oxygen atoms in total. The Morgan fingerprint density at radius 3 is 2.43 bits per heavy atom. The van der Waals surface area contributed by atoms with Crippen LogP contribution in [0.2, 0.25) is 0 Å². The minimum atomic E-state index is -2.75. The molecule has 0 radical (unpaired) electrons. The molecule has 0 spiro atoms. The Morgan fingerprint density at radius 2 is 1.77 bits per heavy atom. The molecule has 2 aromatic heterocycles. The maximum absolute atomic E-state index is 12.9. The molecular weight excluding hydrogens is 390 g/mol. The van der Waals surface area contributed by atoms with E-state index in [-0.39, 0.29) is 30.4 Å². The van der Waals surface area contributed by atoms with Gasteiger partial charge in [-0.1, -0.05) is 30.3 Å². The fourth-order valence-corrected chi connectivity index (χ4v) is 3.72. The summed E-state index contributed by atoms with van der Waals surface area (Å²) in [6.07, 6.45) is 2.28. The molecule has 30 heavy (non-hydrogen) atoms. The summed E-state index contributed by atoms with van der Waals surface area (Å²) in [5.41, 5.74) is 3.15. The third kappa shape index (κ3) is 3.69. The van der Waals surface area contributed by atoms with Crippen molar-refractivity contribution in [3.8, 4) is 11.3 Å². The predicted octanol–water partition coefficient (Wildman–Crippen LogP) is 2.94. The lowest BCUT2D eigenvalue weighted by atomic mass is 10.0. The number of carbonyl (C=O) groups is 2. The van der Waals surface area contributed by atoms with Gasteiger partial charge in [-0.05, 0) is 30.5 Å². The number of rotatable bonds is 6. The third-order valence-corrected chi connectivity index (χ3v) is 5.57. The van der Waals surface area contributed by atoms with Gasteiger partial charge in [0.1, 0.15) is 5.78 Å². The molecule has 1 amide bonds. The van der Waals surface area contributed by atoms with Gasteiger partial charge < -0.3 is 4.90 Å². The maximum Gasteiger partial charge on any atom is 0.282 e. The summed E-state index contributed by atoms with van der Waals surface area (Å²) in [6, 6.07) is 13.0. The highest BCUT2D eigenvalue weighted by molar-refractivity contribution is 5.84. The minimum absolute atomic E-state index is 0.0946. The van der Waals surface area contributed by atoms with E-state index >= 15 is 0 Å². The van der Waals surface area contributed by atoms with Crippen LogP contribution < -0.4 is 0 Å². The van der Waals surface area contributed by atoms with E-state index in [0.717, 1.165) is 29.7 Å². The molecule has 3 heterocycles. The molecule has 154 valence electrons. The third-order valence-electron chi connectivity index (χ3n) is 5.57. The molecule has 1 aliphatic carbocycles. The predicted molar refractivity (Wildman–Crippen MR) is 105 cm³/mol. The van der Waals surface area contributed by atoms with Crippen molar-refractivity contribution in [1.82, 2.24) is 19.5 Å². The Labute approximate surface area is 171 Å². The van der Waals surface area contributed by atoms with Gasteiger partial charge in [-0.3, -0.25) is 9.59 Å². The molecule has 1 aromatic carbocycles. The monoisotopic (exact) mass is 410 g/mol. The normalized spacial score (nSPS) is 17.7. The smallest absolute Gasteiger partial charge is 0.282 e. The van der Waals surface area contributed by atoms with Crippen LogP contribution in [0.5, 0.6) is 0 Å². The molecule has 2 fully saturated rings. The number of hydrogen-bond acceptors (Lipinski definition) is 4. The van der Waals surface area contributed by atoms with Crippen LogP contribution in [0.1, 0.15) is 24.2 Å². The number of nitrogens with zero attached hydrogens (tertiary/aromatic N) is 4. The first-order valence-electron chi connectivity index (χ1n) is 10.0. The van der Waals surface area contributed by atoms with Gasteiger partial charge >= 0.3 is 0 Å². The first-order valence-corrected chi connectivity index (χ1v) is 10.0. The van der Waals surface area contributed by atoms with Crippen LogP contribution in [-0.2, 0) is 22.4 Å². The number of halogens is 2. The zero-order valence-electron chi connectivity index (χ0n) is 16.2. The van der Waals surface area contributed by atoms with Gasteiger partial charge in [0.15, 0.2) is 11.5 Å². The van der Waals surface area contributed by atoms with E-state index < -0.39 is 19.0 Å². The Kier molecular flexibility index (Phi) is 4.38. The van der Waals surface area contributed by atoms with Crippen molar-refractivity contribution in [3.63, 3.8) is 0 Å². The molecule has 3 aromatic rings. The molecule has 5 rings (SSSR count). The second-order valence-electron chi connectivity index (χ2n) is 8.11. The number of amides is 1. The van der Waals surface area contributed by atoms with Gasteiger partial charge in [0.2, 0.25) is 5.91 Å². The molecule has 1 aliphatic heterocycles. The molecular formula is C22H20F2N4O2. The molecule has 0 bridgehead atoms. The number of aromatic nitrogens is 3. The van der Waals surface area contributed by atoms with Gasteiger partial charge in [-0.25, -0.2) is 18.3 Å². The Morgan fingerprint density at radius 1 is 1.03 bits per heavy atom. The number of hydrogen-bond donors (Lipinski definition) is 0. The Balaban J connectivity index is 1.33. The minimum Gasteiger partial charge on any atom is -0.330 e. The molecule has 0 N–H and O–H groups in total. The number of ketones is 1. The second-order valence-corrected chi connectivity index (χ2v) is 8.11. The van der Waals surface area contributed by atoms with Crippen molar-refractivity contribution in [3.05, 3.63) is 53.9 Å². The van der Waals surface area contributed by atoms with Crippen LogP contribution in [0.4, 0.5) is 8.78 Å². The van der Waals surface area contributed by atoms with E-state index in [1.54, 1.807) is 4.52 Å². The molecule has 2 aliphatic rings. The van der Waals surface area contributed by atoms with Crippen molar-refractivity contribution in [2.45, 2.75) is 31.6 Å². The van der Waals surface area contributed by atoms with Gasteiger partial charge in [0.05, 0.1) is 31.6 Å². The Hall–Kier alpha value is -3.16. The highest BCUT2D eigenvalue weighted by Gasteiger charge is 2.45. The second kappa shape index (κ2) is 6.97. The van der Waals surface area contributed by atoms with Crippen molar-refractivity contribution in [2.24, 2.45) is 5.92 Å². The van der Waals surface area contributed by atoms with Crippen LogP contribution in [0.25, 0.3) is 16.9 Å². The molecule has 1 saturated heterocycles. The van der Waals surface area contributed by atoms with Crippen LogP contribution in [0, 0.1) is 5.92 Å². The fourth-order valence-electron chi connectivity index (χ4n) is 3.72. The largest absolute Gasteiger partial charge is 0.330 e. The number of carbonyl (C=O) groups excluding carboxylic acids is 2. The highest BCUT2D eigenvalue weighted by Crippen LogP contribution is 2.31. The summed E-state index contributed by atoms with van der Waals surface area (Å²) in [5, 5.41) is 4.52. The van der Waals surface area contributed by atoms with Crippen molar-refractivity contribution >= 4 is 17.3 Å². The molecule has 8 heteroatoms. The lowest BCUT2D eigenvalue weighted by Crippen LogP contribution is -2.58. The van der Waals surface area contributed by atoms with Crippen molar-refractivity contribution < 1.29 is 18.4 Å². The lowest BCUT2D eigenvalue weighted by molar-refractivity contribution is -0.165. The van der Waals surface area contributed by atoms with Gasteiger partial charge in [-0.15, -0.1) is 0 Å². The van der Waals surface area contributed by atoms with Crippen LogP contribution in [-0.4, -0.2) is 50.2 Å². The average Bonchev–Trinajstić information content (AvgIpc) is 3.46. The highest BCUT2D eigenvalue weighted by atomic mass is 19.3. The average molecular weight is 410 g/mol. The van der Waals surface area contributed by atoms with Crippen molar-refractivity contribution in [1.29, 1.82) is 0 Å². The summed E-state index contributed by atoms with van der Waals surface area (Å²) in [5.74, 6) is -2.15. The van der Waals surface area contributed by atoms with Crippen LogP contribution in [0.3, 0.4) is 0 Å². The Bertz CT molecular complexity index is 1130. The number of likely N-dealkylation sites (tertiary alicyclic amines) is 1. The lowest BCUT2D eigenvalue weighted by Gasteiger charge is -2.38. The summed E-state index contributed by atoms with van der Waals surface area (Å²) in [6.45, 7) is -0.992. The fraction of sp³-hybridized carbons (Fsp3) is 0.364. The summed E-state index contributed by atoms with van der Waals surface area (Å²) in [7, 11) is 0. The first-order chi connectivity index (χ1) is 14.4. The van der Waals surface area contributed by atoms with Gasteiger partial charge in [0, 0.05) is 11.5 Å². The summed E-state index contributed by atoms with van der Waals surface area (Å²) in [4.78, 5) is 29.8. The van der Waals surface area contributed by atoms with Gasteiger partial charge in [0.25, 0.3) is 5.92 Å². The van der Waals surface area contributed by atoms with E-state index in [1.807, 2.05) is 42.5 Å². The summed E-state index contributed by atoms with van der Waals surface area (Å²) >= 11 is 0. The van der Waals surface area contributed by atoms with E-state index in [4.69, 9.17) is 0 Å². The molecule has 1 saturated carbocycles. The zero-order chi connectivity index (χ0) is 20.9. The van der Waals surface area contributed by atoms with Crippen molar-refractivity contribution in [2.75, 3.05) is 13.1 Å². The van der Waals surface area contributed by atoms with E-state index in [1.165, 1.54) is 4.90 Å². The van der Waals surface area contributed by atoms with Crippen LogP contribution >= 0.6 is 0 Å². The topological polar surface area (TPSA) is 67.6 Å². The first kappa shape index (κ1) is 18.8. The SMILES string of the molecule is O=C(Cc1nc2cccc(-c3ccc(CC(=O)N4CC(F)(F)C4)cc3)n2n1)C1CC1. The quantitative estimate of drug-likeness (QED) is 0.627. The van der Waals surface area contributed by atoms with Crippen LogP contribution in [0.15, 0.2) is 42.5 Å². The van der Waals surface area contributed by atoms with E-state index in [0.29, 0.717) is 11.5 Å². The zero-order valence-corrected chi connectivity index (χ0v) is 16.2.